The van der Waals surface area contributed by atoms with Crippen molar-refractivity contribution in [2.75, 3.05) is 24.9 Å². The molecule has 1 unspecified atom stereocenters. The number of para-hydroxylation sites is 2. The number of hydrogen-bond donors (Lipinski definition) is 1. The van der Waals surface area contributed by atoms with Gasteiger partial charge in [-0.05, 0) is 73.5 Å². The van der Waals surface area contributed by atoms with Crippen LogP contribution in [-0.4, -0.2) is 45.5 Å². The molecule has 0 fully saturated rings. The van der Waals surface area contributed by atoms with Crippen LogP contribution in [0.2, 0.25) is 0 Å². The van der Waals surface area contributed by atoms with E-state index >= 15 is 0 Å². The van der Waals surface area contributed by atoms with Gasteiger partial charge in [0.15, 0.2) is 17.6 Å². The van der Waals surface area contributed by atoms with E-state index in [4.69, 9.17) is 9.47 Å². The zero-order valence-electron chi connectivity index (χ0n) is 18.7. The number of benzene rings is 3. The molecule has 1 aliphatic rings. The van der Waals surface area contributed by atoms with Crippen molar-refractivity contribution in [3.63, 3.8) is 0 Å². The first-order valence-electron chi connectivity index (χ1n) is 10.6. The minimum Gasteiger partial charge on any atom is -0.486 e. The van der Waals surface area contributed by atoms with Crippen molar-refractivity contribution < 1.29 is 22.7 Å². The van der Waals surface area contributed by atoms with Crippen LogP contribution in [0.5, 0.6) is 11.5 Å². The van der Waals surface area contributed by atoms with E-state index in [2.05, 4.69) is 4.72 Å². The molecule has 0 saturated heterocycles. The van der Waals surface area contributed by atoms with E-state index in [0.29, 0.717) is 35.9 Å². The highest BCUT2D eigenvalue weighted by atomic mass is 32.2. The van der Waals surface area contributed by atoms with Gasteiger partial charge in [0.05, 0.1) is 11.4 Å². The summed E-state index contributed by atoms with van der Waals surface area (Å²) in [7, 11) is -2.09. The number of amides is 1. The maximum Gasteiger partial charge on any atom is 0.261 e. The van der Waals surface area contributed by atoms with E-state index in [0.717, 1.165) is 11.1 Å². The lowest BCUT2D eigenvalue weighted by atomic mass is 10.1. The zero-order chi connectivity index (χ0) is 23.6. The van der Waals surface area contributed by atoms with Crippen LogP contribution in [-0.2, 0) is 10.0 Å². The lowest BCUT2D eigenvalue weighted by Crippen LogP contribution is -2.41. The molecule has 33 heavy (non-hydrogen) atoms. The summed E-state index contributed by atoms with van der Waals surface area (Å²) < 4.78 is 39.7. The predicted molar refractivity (Wildman–Crippen MR) is 126 cm³/mol. The lowest BCUT2D eigenvalue weighted by Gasteiger charge is -2.29. The predicted octanol–water partition coefficient (Wildman–Crippen LogP) is 4.02. The van der Waals surface area contributed by atoms with Crippen molar-refractivity contribution in [2.24, 2.45) is 0 Å². The number of sulfonamides is 1. The molecule has 172 valence electrons. The van der Waals surface area contributed by atoms with Crippen molar-refractivity contribution in [2.45, 2.75) is 24.8 Å². The molecule has 0 aliphatic carbocycles. The molecule has 4 rings (SSSR count). The van der Waals surface area contributed by atoms with Gasteiger partial charge >= 0.3 is 0 Å². The number of carbonyl (C=O) groups excluding carboxylic acids is 1. The van der Waals surface area contributed by atoms with Crippen molar-refractivity contribution >= 4 is 21.6 Å². The molecule has 3 aromatic rings. The highest BCUT2D eigenvalue weighted by Gasteiger charge is 2.24. The Bertz CT molecular complexity index is 1270. The van der Waals surface area contributed by atoms with E-state index in [1.54, 1.807) is 24.1 Å². The average molecular weight is 467 g/mol. The molecular weight excluding hydrogens is 440 g/mol. The van der Waals surface area contributed by atoms with Gasteiger partial charge in [-0.3, -0.25) is 9.52 Å². The summed E-state index contributed by atoms with van der Waals surface area (Å²) in [5.41, 5.74) is 2.96. The van der Waals surface area contributed by atoms with Crippen LogP contribution in [0.3, 0.4) is 0 Å². The maximum absolute atomic E-state index is 12.8. The van der Waals surface area contributed by atoms with Crippen LogP contribution < -0.4 is 14.2 Å². The Morgan fingerprint density at radius 2 is 1.70 bits per heavy atom. The molecule has 1 heterocycles. The Balaban J connectivity index is 1.40. The van der Waals surface area contributed by atoms with Crippen LogP contribution >= 0.6 is 0 Å². The number of nitrogens with zero attached hydrogens (tertiary/aromatic N) is 1. The van der Waals surface area contributed by atoms with E-state index in [-0.39, 0.29) is 16.9 Å². The number of nitrogens with one attached hydrogen (secondary N) is 1. The number of aryl methyl sites for hydroxylation is 2. The summed E-state index contributed by atoms with van der Waals surface area (Å²) in [6, 6.07) is 18.7. The smallest absolute Gasteiger partial charge is 0.261 e. The maximum atomic E-state index is 12.8. The van der Waals surface area contributed by atoms with Crippen molar-refractivity contribution in [1.82, 2.24) is 4.90 Å². The first-order chi connectivity index (χ1) is 15.7. The van der Waals surface area contributed by atoms with Gasteiger partial charge in [0.2, 0.25) is 0 Å². The van der Waals surface area contributed by atoms with E-state index < -0.39 is 10.0 Å². The summed E-state index contributed by atoms with van der Waals surface area (Å²) >= 11 is 0. The second kappa shape index (κ2) is 9.15. The standard InChI is InChI=1S/C25H26N2O5S/c1-17-8-11-20(14-18(17)2)26-33(29,30)22-12-9-19(10-13-22)25(28)27(3)15-21-16-31-23-6-4-5-7-24(23)32-21/h4-14,21,26H,15-16H2,1-3H3. The third-order valence-corrected chi connectivity index (χ3v) is 6.96. The fourth-order valence-electron chi connectivity index (χ4n) is 3.56. The van der Waals surface area contributed by atoms with Gasteiger partial charge in [0.25, 0.3) is 15.9 Å². The molecule has 1 atom stereocenters. The Hall–Kier alpha value is -3.52. The Morgan fingerprint density at radius 1 is 1.00 bits per heavy atom. The van der Waals surface area contributed by atoms with E-state index in [9.17, 15) is 13.2 Å². The molecule has 0 radical (unpaired) electrons. The van der Waals surface area contributed by atoms with Crippen LogP contribution in [0.1, 0.15) is 21.5 Å². The summed E-state index contributed by atoms with van der Waals surface area (Å²) in [4.78, 5) is 14.5. The molecule has 3 aromatic carbocycles. The summed E-state index contributed by atoms with van der Waals surface area (Å²) in [5.74, 6) is 1.11. The fraction of sp³-hybridized carbons (Fsp3) is 0.240. The molecule has 0 aromatic heterocycles. The molecule has 8 heteroatoms. The Morgan fingerprint density at radius 3 is 2.39 bits per heavy atom. The van der Waals surface area contributed by atoms with Crippen molar-refractivity contribution in [3.8, 4) is 11.5 Å². The van der Waals surface area contributed by atoms with Gasteiger partial charge in [-0.2, -0.15) is 0 Å². The SMILES string of the molecule is Cc1ccc(NS(=O)(=O)c2ccc(C(=O)N(C)CC3COc4ccccc4O3)cc2)cc1C. The minimum atomic E-state index is -3.77. The second-order valence-corrected chi connectivity index (χ2v) is 9.79. The van der Waals surface area contributed by atoms with E-state index in [1.165, 1.54) is 24.3 Å². The van der Waals surface area contributed by atoms with Crippen LogP contribution in [0, 0.1) is 13.8 Å². The van der Waals surface area contributed by atoms with Crippen molar-refractivity contribution in [1.29, 1.82) is 0 Å². The van der Waals surface area contributed by atoms with Gasteiger partial charge in [-0.15, -0.1) is 0 Å². The number of fused-ring (bicyclic) bond motifs is 1. The number of anilines is 1. The average Bonchev–Trinajstić information content (AvgIpc) is 2.81. The number of likely N-dealkylation sites (N-methyl/N-ethyl adjacent to an activating group) is 1. The monoisotopic (exact) mass is 466 g/mol. The van der Waals surface area contributed by atoms with Crippen molar-refractivity contribution in [3.05, 3.63) is 83.4 Å². The molecule has 7 nitrogen and oxygen atoms in total. The van der Waals surface area contributed by atoms with E-state index in [1.807, 2.05) is 44.2 Å². The van der Waals surface area contributed by atoms with Crippen LogP contribution in [0.25, 0.3) is 0 Å². The molecular formula is C25H26N2O5S. The van der Waals surface area contributed by atoms with Crippen LogP contribution in [0.15, 0.2) is 71.6 Å². The molecule has 0 bridgehead atoms. The molecule has 1 amide bonds. The normalized spacial score (nSPS) is 15.1. The first kappa shape index (κ1) is 22.7. The minimum absolute atomic E-state index is 0.0838. The molecule has 1 N–H and O–H groups in total. The molecule has 0 spiro atoms. The highest BCUT2D eigenvalue weighted by molar-refractivity contribution is 7.92. The molecule has 1 aliphatic heterocycles. The zero-order valence-corrected chi connectivity index (χ0v) is 19.6. The summed E-state index contributed by atoms with van der Waals surface area (Å²) in [6.45, 7) is 4.57. The Kier molecular flexibility index (Phi) is 6.29. The number of ether oxygens (including phenoxy) is 2. The second-order valence-electron chi connectivity index (χ2n) is 8.11. The third kappa shape index (κ3) is 5.12. The lowest BCUT2D eigenvalue weighted by molar-refractivity contribution is 0.0521. The summed E-state index contributed by atoms with van der Waals surface area (Å²) in [6.07, 6.45) is -0.296. The summed E-state index contributed by atoms with van der Waals surface area (Å²) in [5, 5.41) is 0. The largest absolute Gasteiger partial charge is 0.486 e. The van der Waals surface area contributed by atoms with Gasteiger partial charge in [0, 0.05) is 18.3 Å². The third-order valence-electron chi connectivity index (χ3n) is 5.56. The van der Waals surface area contributed by atoms with Gasteiger partial charge in [-0.25, -0.2) is 8.42 Å². The number of hydrogen-bond acceptors (Lipinski definition) is 5. The van der Waals surface area contributed by atoms with Gasteiger partial charge < -0.3 is 14.4 Å². The highest BCUT2D eigenvalue weighted by Crippen LogP contribution is 2.31. The topological polar surface area (TPSA) is 84.9 Å². The number of rotatable bonds is 6. The van der Waals surface area contributed by atoms with Crippen LogP contribution in [0.4, 0.5) is 5.69 Å². The fourth-order valence-corrected chi connectivity index (χ4v) is 4.61. The quantitative estimate of drug-likeness (QED) is 0.593. The number of carbonyl (C=O) groups is 1. The Labute approximate surface area is 194 Å². The first-order valence-corrected chi connectivity index (χ1v) is 12.1. The van der Waals surface area contributed by atoms with Gasteiger partial charge in [0.1, 0.15) is 6.61 Å². The molecule has 0 saturated carbocycles. The van der Waals surface area contributed by atoms with Gasteiger partial charge in [-0.1, -0.05) is 18.2 Å².